The van der Waals surface area contributed by atoms with Crippen molar-refractivity contribution in [3.05, 3.63) is 194 Å². The molecule has 3 heterocycles. The Bertz CT molecular complexity index is 3200. The lowest BCUT2D eigenvalue weighted by molar-refractivity contribution is 0.670. The van der Waals surface area contributed by atoms with Gasteiger partial charge in [0, 0.05) is 49.5 Å². The van der Waals surface area contributed by atoms with Gasteiger partial charge in [-0.25, -0.2) is 15.0 Å². The van der Waals surface area contributed by atoms with Crippen molar-refractivity contribution in [3.8, 4) is 62.1 Å². The van der Waals surface area contributed by atoms with E-state index in [1.54, 1.807) is 0 Å². The topological polar surface area (TPSA) is 56.7 Å². The first-order valence-electron chi connectivity index (χ1n) is 18.8. The second-order valence-corrected chi connectivity index (χ2v) is 14.0. The smallest absolute Gasteiger partial charge is 0.164 e. The summed E-state index contributed by atoms with van der Waals surface area (Å²) in [6.45, 7) is 0. The molecule has 8 aromatic carbocycles. The first-order chi connectivity index (χ1) is 27.7. The fourth-order valence-corrected chi connectivity index (χ4v) is 7.93. The Hall–Kier alpha value is -7.63. The normalized spacial score (nSPS) is 11.6. The number of fused-ring (bicyclic) bond motifs is 6. The highest BCUT2D eigenvalue weighted by Gasteiger charge is 2.19. The molecule has 0 spiro atoms. The molecular weight excluding hydrogens is 685 g/mol. The van der Waals surface area contributed by atoms with Crippen LogP contribution in [0.1, 0.15) is 0 Å². The van der Waals surface area contributed by atoms with E-state index < -0.39 is 0 Å². The van der Waals surface area contributed by atoms with E-state index in [0.717, 1.165) is 66.5 Å². The van der Waals surface area contributed by atoms with Crippen molar-refractivity contribution in [2.24, 2.45) is 0 Å². The van der Waals surface area contributed by atoms with Crippen LogP contribution in [0.3, 0.4) is 0 Å². The van der Waals surface area contributed by atoms with Gasteiger partial charge in [0.05, 0.1) is 11.0 Å². The zero-order valence-corrected chi connectivity index (χ0v) is 30.2. The third-order valence-electron chi connectivity index (χ3n) is 10.7. The van der Waals surface area contributed by atoms with Crippen LogP contribution in [0.4, 0.5) is 0 Å². The van der Waals surface area contributed by atoms with Crippen LogP contribution in [0.5, 0.6) is 0 Å². The Morgan fingerprint density at radius 2 is 0.839 bits per heavy atom. The molecule has 0 saturated carbocycles. The summed E-state index contributed by atoms with van der Waals surface area (Å²) in [6, 6.07) is 67.3. The summed E-state index contributed by atoms with van der Waals surface area (Å²) in [7, 11) is 0. The highest BCUT2D eigenvalue weighted by molar-refractivity contribution is 6.18. The van der Waals surface area contributed by atoms with Gasteiger partial charge in [-0.3, -0.25) is 0 Å². The summed E-state index contributed by atoms with van der Waals surface area (Å²) >= 11 is 0. The van der Waals surface area contributed by atoms with Gasteiger partial charge in [-0.1, -0.05) is 164 Å². The molecule has 5 nitrogen and oxygen atoms in total. The van der Waals surface area contributed by atoms with Gasteiger partial charge in [0.25, 0.3) is 0 Å². The van der Waals surface area contributed by atoms with Crippen LogP contribution in [0.25, 0.3) is 106 Å². The van der Waals surface area contributed by atoms with Gasteiger partial charge in [0.2, 0.25) is 0 Å². The van der Waals surface area contributed by atoms with Crippen LogP contribution >= 0.6 is 0 Å². The van der Waals surface area contributed by atoms with Crippen molar-refractivity contribution >= 4 is 43.7 Å². The number of nitrogens with zero attached hydrogens (tertiary/aromatic N) is 4. The Labute approximate surface area is 322 Å². The summed E-state index contributed by atoms with van der Waals surface area (Å²) in [6.07, 6.45) is 0. The fraction of sp³-hybridized carbons (Fsp3) is 0. The van der Waals surface area contributed by atoms with Crippen molar-refractivity contribution in [1.29, 1.82) is 0 Å². The van der Waals surface area contributed by atoms with Gasteiger partial charge in [-0.2, -0.15) is 0 Å². The van der Waals surface area contributed by atoms with E-state index in [9.17, 15) is 0 Å². The molecule has 0 saturated heterocycles. The first-order valence-corrected chi connectivity index (χ1v) is 18.8. The molecule has 262 valence electrons. The third kappa shape index (κ3) is 5.37. The van der Waals surface area contributed by atoms with Crippen LogP contribution in [0.15, 0.2) is 199 Å². The number of aromatic nitrogens is 4. The van der Waals surface area contributed by atoms with Gasteiger partial charge in [0.15, 0.2) is 17.5 Å². The molecule has 0 unspecified atom stereocenters. The SMILES string of the molecule is c1ccc(-c2ccc(-c3nc(-c4ccccc4)nc(-c4ccc(-c5cccc6c5oc5cc7c8ccccc8n(-c8ccccc8)c7cc56)cc4)n3)cc2)cc1. The van der Waals surface area contributed by atoms with E-state index in [1.807, 2.05) is 36.4 Å². The lowest BCUT2D eigenvalue weighted by Crippen LogP contribution is -2.00. The van der Waals surface area contributed by atoms with Crippen LogP contribution < -0.4 is 0 Å². The second kappa shape index (κ2) is 13.0. The Morgan fingerprint density at radius 3 is 1.50 bits per heavy atom. The lowest BCUT2D eigenvalue weighted by Gasteiger charge is -2.10. The predicted octanol–water partition coefficient (Wildman–Crippen LogP) is 13.2. The lowest BCUT2D eigenvalue weighted by atomic mass is 10.0. The molecule has 11 rings (SSSR count). The average molecular weight is 717 g/mol. The van der Waals surface area contributed by atoms with E-state index >= 15 is 0 Å². The second-order valence-electron chi connectivity index (χ2n) is 14.0. The number of furan rings is 1. The van der Waals surface area contributed by atoms with Gasteiger partial charge in [-0.05, 0) is 47.0 Å². The number of rotatable bonds is 6. The molecule has 0 N–H and O–H groups in total. The average Bonchev–Trinajstić information content (AvgIpc) is 3.81. The van der Waals surface area contributed by atoms with Gasteiger partial charge < -0.3 is 8.98 Å². The van der Waals surface area contributed by atoms with Gasteiger partial charge >= 0.3 is 0 Å². The molecule has 0 aliphatic rings. The van der Waals surface area contributed by atoms with E-state index in [1.165, 1.54) is 21.9 Å². The highest BCUT2D eigenvalue weighted by Crippen LogP contribution is 2.41. The highest BCUT2D eigenvalue weighted by atomic mass is 16.3. The minimum atomic E-state index is 0.618. The largest absolute Gasteiger partial charge is 0.455 e. The molecular formula is C51H32N4O. The van der Waals surface area contributed by atoms with Crippen LogP contribution in [-0.2, 0) is 0 Å². The van der Waals surface area contributed by atoms with Gasteiger partial charge in [-0.15, -0.1) is 0 Å². The number of hydrogen-bond donors (Lipinski definition) is 0. The Morgan fingerprint density at radius 1 is 0.339 bits per heavy atom. The third-order valence-corrected chi connectivity index (χ3v) is 10.7. The van der Waals surface area contributed by atoms with Gasteiger partial charge in [0.1, 0.15) is 11.2 Å². The summed E-state index contributed by atoms with van der Waals surface area (Å²) in [4.78, 5) is 14.9. The zero-order valence-electron chi connectivity index (χ0n) is 30.2. The molecule has 0 fully saturated rings. The molecule has 5 heteroatoms. The van der Waals surface area contributed by atoms with Crippen molar-refractivity contribution in [2.75, 3.05) is 0 Å². The first kappa shape index (κ1) is 31.9. The maximum absolute atomic E-state index is 6.75. The van der Waals surface area contributed by atoms with Crippen LogP contribution in [0, 0.1) is 0 Å². The number of hydrogen-bond acceptors (Lipinski definition) is 4. The molecule has 0 aliphatic carbocycles. The van der Waals surface area contributed by atoms with Crippen molar-refractivity contribution in [2.45, 2.75) is 0 Å². The number of benzene rings is 8. The van der Waals surface area contributed by atoms with E-state index in [-0.39, 0.29) is 0 Å². The maximum Gasteiger partial charge on any atom is 0.164 e. The minimum absolute atomic E-state index is 0.618. The van der Waals surface area contributed by atoms with Crippen molar-refractivity contribution < 1.29 is 4.42 Å². The van der Waals surface area contributed by atoms with Crippen molar-refractivity contribution in [1.82, 2.24) is 19.5 Å². The Balaban J connectivity index is 0.998. The minimum Gasteiger partial charge on any atom is -0.455 e. The quantitative estimate of drug-likeness (QED) is 0.172. The maximum atomic E-state index is 6.75. The molecule has 0 radical (unpaired) electrons. The number of para-hydroxylation sites is 3. The van der Waals surface area contributed by atoms with Crippen LogP contribution in [0.2, 0.25) is 0 Å². The predicted molar refractivity (Wildman–Crippen MR) is 229 cm³/mol. The zero-order chi connectivity index (χ0) is 37.0. The van der Waals surface area contributed by atoms with E-state index in [4.69, 9.17) is 19.4 Å². The summed E-state index contributed by atoms with van der Waals surface area (Å²) in [5, 5.41) is 4.54. The molecule has 11 aromatic rings. The molecule has 0 amide bonds. The fourth-order valence-electron chi connectivity index (χ4n) is 7.93. The van der Waals surface area contributed by atoms with E-state index in [2.05, 4.69) is 162 Å². The molecule has 56 heavy (non-hydrogen) atoms. The Kier molecular flexibility index (Phi) is 7.42. The summed E-state index contributed by atoms with van der Waals surface area (Å²) in [5.74, 6) is 1.88. The molecule has 0 atom stereocenters. The molecule has 0 aliphatic heterocycles. The monoisotopic (exact) mass is 716 g/mol. The summed E-state index contributed by atoms with van der Waals surface area (Å²) < 4.78 is 9.10. The van der Waals surface area contributed by atoms with Crippen LogP contribution in [-0.4, -0.2) is 19.5 Å². The van der Waals surface area contributed by atoms with Crippen molar-refractivity contribution in [3.63, 3.8) is 0 Å². The molecule has 3 aromatic heterocycles. The summed E-state index contributed by atoms with van der Waals surface area (Å²) in [5.41, 5.74) is 12.4. The molecule has 0 bridgehead atoms. The van der Waals surface area contributed by atoms with E-state index in [0.29, 0.717) is 17.5 Å². The standard InChI is InChI=1S/C51H32N4O/c1-4-13-33(14-5-1)34-23-27-37(28-24-34)50-52-49(36-15-6-2-7-16-36)53-51(54-50)38-29-25-35(26-30-38)40-20-12-21-42-44-31-46-43(32-47(44)56-48(40)42)41-19-10-11-22-45(41)55(46)39-17-8-3-9-18-39/h1-32H.